The molecule has 0 spiro atoms. The molecule has 3 nitrogen and oxygen atoms in total. The molecule has 7 heteroatoms. The SMILES string of the molecule is CC(CCCN)C(=O)Nc1cc(C(F)(F)F)ccc1Cl. The van der Waals surface area contributed by atoms with Crippen LogP contribution in [-0.4, -0.2) is 12.5 Å². The second-order valence-corrected chi connectivity index (χ2v) is 4.92. The Morgan fingerprint density at radius 2 is 2.10 bits per heavy atom. The van der Waals surface area contributed by atoms with Crippen LogP contribution in [0.3, 0.4) is 0 Å². The molecule has 1 unspecified atom stereocenters. The maximum absolute atomic E-state index is 12.6. The molecule has 1 rings (SSSR count). The van der Waals surface area contributed by atoms with Crippen LogP contribution in [0, 0.1) is 5.92 Å². The second kappa shape index (κ2) is 6.95. The van der Waals surface area contributed by atoms with Crippen LogP contribution in [0.1, 0.15) is 25.3 Å². The highest BCUT2D eigenvalue weighted by molar-refractivity contribution is 6.33. The van der Waals surface area contributed by atoms with E-state index in [-0.39, 0.29) is 22.5 Å². The average Bonchev–Trinajstić information content (AvgIpc) is 2.37. The number of hydrogen-bond donors (Lipinski definition) is 2. The number of rotatable bonds is 5. The van der Waals surface area contributed by atoms with Crippen molar-refractivity contribution in [1.82, 2.24) is 0 Å². The first kappa shape index (κ1) is 16.8. The summed E-state index contributed by atoms with van der Waals surface area (Å²) < 4.78 is 37.8. The Bertz CT molecular complexity index is 477. The summed E-state index contributed by atoms with van der Waals surface area (Å²) in [7, 11) is 0. The van der Waals surface area contributed by atoms with Crippen molar-refractivity contribution in [2.45, 2.75) is 25.9 Å². The quantitative estimate of drug-likeness (QED) is 0.872. The fourth-order valence-corrected chi connectivity index (χ4v) is 1.77. The van der Waals surface area contributed by atoms with Gasteiger partial charge in [-0.3, -0.25) is 4.79 Å². The van der Waals surface area contributed by atoms with Gasteiger partial charge in [0.05, 0.1) is 16.3 Å². The molecule has 0 saturated heterocycles. The summed E-state index contributed by atoms with van der Waals surface area (Å²) in [6, 6.07) is 2.82. The molecule has 0 fully saturated rings. The highest BCUT2D eigenvalue weighted by Crippen LogP contribution is 2.34. The van der Waals surface area contributed by atoms with Crippen LogP contribution in [0.2, 0.25) is 5.02 Å². The molecule has 1 amide bonds. The van der Waals surface area contributed by atoms with Crippen molar-refractivity contribution in [3.8, 4) is 0 Å². The number of halogens is 4. The van der Waals surface area contributed by atoms with Crippen LogP contribution in [0.15, 0.2) is 18.2 Å². The average molecular weight is 309 g/mol. The summed E-state index contributed by atoms with van der Waals surface area (Å²) in [5.74, 6) is -0.719. The van der Waals surface area contributed by atoms with Crippen molar-refractivity contribution in [2.24, 2.45) is 11.7 Å². The van der Waals surface area contributed by atoms with Crippen LogP contribution in [-0.2, 0) is 11.0 Å². The van der Waals surface area contributed by atoms with Crippen LogP contribution in [0.4, 0.5) is 18.9 Å². The van der Waals surface area contributed by atoms with Crippen molar-refractivity contribution in [2.75, 3.05) is 11.9 Å². The van der Waals surface area contributed by atoms with Gasteiger partial charge in [0.1, 0.15) is 0 Å². The standard InChI is InChI=1S/C13H16ClF3N2O/c1-8(3-2-6-18)12(20)19-11-7-9(13(15,16)17)4-5-10(11)14/h4-5,7-8H,2-3,6,18H2,1H3,(H,19,20). The Balaban J connectivity index is 2.84. The van der Waals surface area contributed by atoms with Crippen molar-refractivity contribution in [3.05, 3.63) is 28.8 Å². The van der Waals surface area contributed by atoms with E-state index in [4.69, 9.17) is 17.3 Å². The number of nitrogens with one attached hydrogen (secondary N) is 1. The Morgan fingerprint density at radius 1 is 1.45 bits per heavy atom. The molecule has 0 aliphatic heterocycles. The zero-order chi connectivity index (χ0) is 15.3. The number of benzene rings is 1. The maximum atomic E-state index is 12.6. The molecule has 0 saturated carbocycles. The summed E-state index contributed by atoms with van der Waals surface area (Å²) in [5.41, 5.74) is 4.45. The lowest BCUT2D eigenvalue weighted by atomic mass is 10.0. The molecule has 0 aromatic heterocycles. The van der Waals surface area contributed by atoms with Gasteiger partial charge in [0.15, 0.2) is 0 Å². The van der Waals surface area contributed by atoms with Gasteiger partial charge in [-0.15, -0.1) is 0 Å². The van der Waals surface area contributed by atoms with Crippen LogP contribution in [0.25, 0.3) is 0 Å². The third-order valence-electron chi connectivity index (χ3n) is 2.84. The minimum Gasteiger partial charge on any atom is -0.330 e. The summed E-state index contributed by atoms with van der Waals surface area (Å²) in [6.07, 6.45) is -3.24. The molecule has 0 aliphatic rings. The molecule has 1 atom stereocenters. The molecule has 0 heterocycles. The fraction of sp³-hybridized carbons (Fsp3) is 0.462. The smallest absolute Gasteiger partial charge is 0.330 e. The van der Waals surface area contributed by atoms with Gasteiger partial charge in [0, 0.05) is 5.92 Å². The highest BCUT2D eigenvalue weighted by Gasteiger charge is 2.31. The van der Waals surface area contributed by atoms with E-state index in [2.05, 4.69) is 5.32 Å². The Kier molecular flexibility index (Phi) is 5.83. The first-order chi connectivity index (χ1) is 9.25. The van der Waals surface area contributed by atoms with E-state index in [9.17, 15) is 18.0 Å². The second-order valence-electron chi connectivity index (χ2n) is 4.51. The van der Waals surface area contributed by atoms with Gasteiger partial charge in [0.2, 0.25) is 5.91 Å². The maximum Gasteiger partial charge on any atom is 0.416 e. The molecule has 0 radical (unpaired) electrons. The van der Waals surface area contributed by atoms with Gasteiger partial charge in [-0.1, -0.05) is 18.5 Å². The Hall–Kier alpha value is -1.27. The fourth-order valence-electron chi connectivity index (χ4n) is 1.61. The van der Waals surface area contributed by atoms with E-state index >= 15 is 0 Å². The van der Waals surface area contributed by atoms with Crippen molar-refractivity contribution in [1.29, 1.82) is 0 Å². The molecule has 112 valence electrons. The van der Waals surface area contributed by atoms with E-state index in [0.29, 0.717) is 19.4 Å². The van der Waals surface area contributed by atoms with Gasteiger partial charge in [-0.05, 0) is 37.6 Å². The third kappa shape index (κ3) is 4.68. The molecule has 0 bridgehead atoms. The zero-order valence-electron chi connectivity index (χ0n) is 10.9. The van der Waals surface area contributed by atoms with E-state index in [1.54, 1.807) is 6.92 Å². The predicted molar refractivity (Wildman–Crippen MR) is 72.5 cm³/mol. The van der Waals surface area contributed by atoms with E-state index < -0.39 is 11.7 Å². The molecular formula is C13H16ClF3N2O. The van der Waals surface area contributed by atoms with Gasteiger partial charge >= 0.3 is 6.18 Å². The molecular weight excluding hydrogens is 293 g/mol. The number of carbonyl (C=O) groups is 1. The van der Waals surface area contributed by atoms with E-state index in [1.807, 2.05) is 0 Å². The highest BCUT2D eigenvalue weighted by atomic mass is 35.5. The molecule has 1 aromatic carbocycles. The molecule has 3 N–H and O–H groups in total. The first-order valence-corrected chi connectivity index (χ1v) is 6.51. The zero-order valence-corrected chi connectivity index (χ0v) is 11.7. The van der Waals surface area contributed by atoms with Gasteiger partial charge < -0.3 is 11.1 Å². The monoisotopic (exact) mass is 308 g/mol. The minimum atomic E-state index is -4.48. The van der Waals surface area contributed by atoms with Crippen LogP contribution >= 0.6 is 11.6 Å². The summed E-state index contributed by atoms with van der Waals surface area (Å²) in [4.78, 5) is 11.8. The van der Waals surface area contributed by atoms with Crippen LogP contribution < -0.4 is 11.1 Å². The summed E-state index contributed by atoms with van der Waals surface area (Å²) in [5, 5.41) is 2.49. The number of alkyl halides is 3. The van der Waals surface area contributed by atoms with Gasteiger partial charge in [-0.2, -0.15) is 13.2 Å². The lowest BCUT2D eigenvalue weighted by Crippen LogP contribution is -2.21. The molecule has 0 aliphatic carbocycles. The Labute approximate surface area is 120 Å². The molecule has 20 heavy (non-hydrogen) atoms. The lowest BCUT2D eigenvalue weighted by molar-refractivity contribution is -0.137. The lowest BCUT2D eigenvalue weighted by Gasteiger charge is -2.14. The van der Waals surface area contributed by atoms with Crippen molar-refractivity contribution >= 4 is 23.2 Å². The minimum absolute atomic E-state index is 0.0360. The largest absolute Gasteiger partial charge is 0.416 e. The van der Waals surface area contributed by atoms with Gasteiger partial charge in [0.25, 0.3) is 0 Å². The Morgan fingerprint density at radius 3 is 2.65 bits per heavy atom. The normalized spacial score (nSPS) is 13.1. The molecule has 1 aromatic rings. The van der Waals surface area contributed by atoms with E-state index in [0.717, 1.165) is 18.2 Å². The number of amides is 1. The third-order valence-corrected chi connectivity index (χ3v) is 3.17. The predicted octanol–water partition coefficient (Wildman–Crippen LogP) is 3.67. The number of carbonyl (C=O) groups excluding carboxylic acids is 1. The summed E-state index contributed by atoms with van der Waals surface area (Å²) in [6.45, 7) is 2.15. The number of anilines is 1. The van der Waals surface area contributed by atoms with Crippen molar-refractivity contribution in [3.63, 3.8) is 0 Å². The van der Waals surface area contributed by atoms with Crippen molar-refractivity contribution < 1.29 is 18.0 Å². The van der Waals surface area contributed by atoms with E-state index in [1.165, 1.54) is 0 Å². The topological polar surface area (TPSA) is 55.1 Å². The van der Waals surface area contributed by atoms with Gasteiger partial charge in [-0.25, -0.2) is 0 Å². The summed E-state index contributed by atoms with van der Waals surface area (Å²) >= 11 is 5.80. The first-order valence-electron chi connectivity index (χ1n) is 6.13. The number of hydrogen-bond acceptors (Lipinski definition) is 2. The number of nitrogens with two attached hydrogens (primary N) is 1. The van der Waals surface area contributed by atoms with Crippen LogP contribution in [0.5, 0.6) is 0 Å².